The number of carbonyl (C=O) groups excluding carboxylic acids is 4. The number of hydrazine groups is 1. The number of halogens is 12. The van der Waals surface area contributed by atoms with Crippen molar-refractivity contribution in [1.29, 1.82) is 0 Å². The molecule has 2 aliphatic carbocycles. The first-order valence-corrected chi connectivity index (χ1v) is 16.5. The van der Waals surface area contributed by atoms with Gasteiger partial charge in [0.1, 0.15) is 11.4 Å². The number of nitrogens with zero attached hydrogens (tertiary/aromatic N) is 4. The second kappa shape index (κ2) is 12.2. The van der Waals surface area contributed by atoms with Gasteiger partial charge in [0.25, 0.3) is 23.6 Å². The average molecular weight is 828 g/mol. The van der Waals surface area contributed by atoms with Crippen molar-refractivity contribution in [3.8, 4) is 5.75 Å². The van der Waals surface area contributed by atoms with Crippen LogP contribution in [-0.2, 0) is 25.4 Å². The van der Waals surface area contributed by atoms with E-state index < -0.39 is 143 Å². The van der Waals surface area contributed by atoms with Crippen molar-refractivity contribution >= 4 is 69.9 Å². The first-order chi connectivity index (χ1) is 25.1. The van der Waals surface area contributed by atoms with Crippen molar-refractivity contribution in [2.24, 2.45) is 17.8 Å². The monoisotopic (exact) mass is 826 g/mol. The topological polar surface area (TPSA) is 111 Å². The Morgan fingerprint density at radius 3 is 2.09 bits per heavy atom. The zero-order valence-corrected chi connectivity index (χ0v) is 28.9. The van der Waals surface area contributed by atoms with Gasteiger partial charge in [-0.2, -0.15) is 18.2 Å². The number of imide groups is 2. The molecule has 0 radical (unpaired) electrons. The average Bonchev–Trinajstić information content (AvgIpc) is 3.45. The molecule has 4 amide bonds. The van der Waals surface area contributed by atoms with Crippen molar-refractivity contribution in [3.63, 3.8) is 0 Å². The van der Waals surface area contributed by atoms with Gasteiger partial charge < -0.3 is 5.11 Å². The fourth-order valence-corrected chi connectivity index (χ4v) is 9.02. The van der Waals surface area contributed by atoms with Crippen LogP contribution >= 0.6 is 34.8 Å². The lowest BCUT2D eigenvalue weighted by molar-refractivity contribution is -0.141. The maximum Gasteiger partial charge on any atom is 0.433 e. The third kappa shape index (κ3) is 4.84. The van der Waals surface area contributed by atoms with Crippen LogP contribution in [0.3, 0.4) is 0 Å². The molecule has 6 unspecified atom stereocenters. The van der Waals surface area contributed by atoms with E-state index in [-0.39, 0.29) is 12.0 Å². The molecule has 2 aromatic carbocycles. The molecule has 0 bridgehead atoms. The Balaban J connectivity index is 1.39. The Kier molecular flexibility index (Phi) is 8.55. The van der Waals surface area contributed by atoms with E-state index in [2.05, 4.69) is 4.98 Å². The van der Waals surface area contributed by atoms with E-state index in [1.54, 1.807) is 0 Å². The van der Waals surface area contributed by atoms with Gasteiger partial charge in [-0.05, 0) is 37.0 Å². The summed E-state index contributed by atoms with van der Waals surface area (Å²) in [5, 5.41) is 11.6. The van der Waals surface area contributed by atoms with Crippen LogP contribution in [0.5, 0.6) is 5.75 Å². The van der Waals surface area contributed by atoms with Gasteiger partial charge in [0.2, 0.25) is 5.82 Å². The Morgan fingerprint density at radius 1 is 0.870 bits per heavy atom. The summed E-state index contributed by atoms with van der Waals surface area (Å²) in [6.07, 6.45) is -5.00. The number of carbonyl (C=O) groups is 4. The molecule has 54 heavy (non-hydrogen) atoms. The minimum Gasteiger partial charge on any atom is -0.505 e. The summed E-state index contributed by atoms with van der Waals surface area (Å²) in [5.41, 5.74) is -4.15. The number of pyridine rings is 1. The SMILES string of the molecule is CN(c1nc(C(F)(F)F)ccc1Cl)N1C(=O)C2CC=C3C(CC4(Cl)C(=O)N(c5c(F)c(F)c(F)c(F)c5F)C(=O)C4(Cl)C3c3cccc(F)c3O)C2C1=O. The van der Waals surface area contributed by atoms with Gasteiger partial charge in [-0.3, -0.25) is 24.2 Å². The summed E-state index contributed by atoms with van der Waals surface area (Å²) in [7, 11) is 1.01. The number of fused-ring (bicyclic) bond motifs is 4. The molecule has 1 aromatic heterocycles. The van der Waals surface area contributed by atoms with Crippen LogP contribution in [0, 0.1) is 52.7 Å². The number of phenols is 1. The standard InChI is InChI=1S/C33H18Cl3F9N4O5/c1-47(26-14(34)7-8-16(46-26)33(43,44)45)49-27(51)11-6-5-10-13(17(11)28(49)52)9-31(35)29(53)48(24-22(41)20(39)19(38)21(40)23(24)42)30(54)32(31,36)18(10)12-3-2-4-15(37)25(12)50/h2-5,7-8,11,13,17-18,50H,6,9H2,1H3. The zero-order chi connectivity index (χ0) is 39.7. The normalized spacial score (nSPS) is 28.0. The number of allylic oxidation sites excluding steroid dienone is 2. The van der Waals surface area contributed by atoms with Crippen LogP contribution in [0.25, 0.3) is 0 Å². The highest BCUT2D eigenvalue weighted by molar-refractivity contribution is 6.58. The van der Waals surface area contributed by atoms with Crippen LogP contribution in [0.2, 0.25) is 5.02 Å². The van der Waals surface area contributed by atoms with Crippen molar-refractivity contribution in [3.05, 3.63) is 93.2 Å². The van der Waals surface area contributed by atoms with Gasteiger partial charge in [-0.25, -0.2) is 36.2 Å². The van der Waals surface area contributed by atoms with Crippen LogP contribution < -0.4 is 9.91 Å². The quantitative estimate of drug-likeness (QED) is 0.0761. The number of aromatic nitrogens is 1. The molecular weight excluding hydrogens is 810 g/mol. The van der Waals surface area contributed by atoms with Gasteiger partial charge in [0, 0.05) is 18.5 Å². The number of para-hydroxylation sites is 1. The number of aromatic hydroxyl groups is 1. The number of hydrogen-bond acceptors (Lipinski definition) is 7. The maximum atomic E-state index is 15.2. The second-order valence-electron chi connectivity index (χ2n) is 12.9. The molecule has 2 aliphatic heterocycles. The molecular formula is C33H18Cl3F9N4O5. The van der Waals surface area contributed by atoms with E-state index in [9.17, 15) is 55.0 Å². The highest BCUT2D eigenvalue weighted by Crippen LogP contribution is 2.67. The lowest BCUT2D eigenvalue weighted by atomic mass is 9.56. The third-order valence-electron chi connectivity index (χ3n) is 10.3. The van der Waals surface area contributed by atoms with Crippen LogP contribution in [0.4, 0.5) is 51.0 Å². The number of alkyl halides is 5. The summed E-state index contributed by atoms with van der Waals surface area (Å²) in [6, 6.07) is 4.23. The Morgan fingerprint density at radius 2 is 1.48 bits per heavy atom. The van der Waals surface area contributed by atoms with Gasteiger partial charge in [-0.1, -0.05) is 35.4 Å². The van der Waals surface area contributed by atoms with E-state index in [0.717, 1.165) is 31.3 Å². The maximum absolute atomic E-state index is 15.2. The first kappa shape index (κ1) is 37.8. The molecule has 4 aliphatic rings. The predicted octanol–water partition coefficient (Wildman–Crippen LogP) is 6.91. The molecule has 3 heterocycles. The number of anilines is 2. The lowest BCUT2D eigenvalue weighted by Crippen LogP contribution is -2.60. The minimum atomic E-state index is -4.97. The molecule has 2 saturated heterocycles. The molecule has 284 valence electrons. The highest BCUT2D eigenvalue weighted by Gasteiger charge is 2.77. The Labute approximate surface area is 311 Å². The molecule has 7 rings (SSSR count). The number of rotatable bonds is 4. The predicted molar refractivity (Wildman–Crippen MR) is 169 cm³/mol. The van der Waals surface area contributed by atoms with Gasteiger partial charge in [-0.15, -0.1) is 23.2 Å². The van der Waals surface area contributed by atoms with Crippen molar-refractivity contribution in [1.82, 2.24) is 9.99 Å². The van der Waals surface area contributed by atoms with Crippen molar-refractivity contribution in [2.75, 3.05) is 17.0 Å². The minimum absolute atomic E-state index is 0.121. The first-order valence-electron chi connectivity index (χ1n) is 15.4. The molecule has 6 atom stereocenters. The fraction of sp³-hybridized carbons (Fsp3) is 0.303. The number of hydrogen-bond donors (Lipinski definition) is 1. The molecule has 0 spiro atoms. The molecule has 3 fully saturated rings. The van der Waals surface area contributed by atoms with Gasteiger partial charge >= 0.3 is 6.18 Å². The summed E-state index contributed by atoms with van der Waals surface area (Å²) in [5.74, 6) is -28.3. The van der Waals surface area contributed by atoms with E-state index in [0.29, 0.717) is 16.1 Å². The van der Waals surface area contributed by atoms with Crippen molar-refractivity contribution in [2.45, 2.75) is 34.7 Å². The zero-order valence-electron chi connectivity index (χ0n) is 26.6. The van der Waals surface area contributed by atoms with Gasteiger partial charge in [0.05, 0.1) is 16.9 Å². The lowest BCUT2D eigenvalue weighted by Gasteiger charge is -2.50. The number of amides is 4. The molecule has 3 aromatic rings. The van der Waals surface area contributed by atoms with E-state index in [1.165, 1.54) is 6.08 Å². The summed E-state index contributed by atoms with van der Waals surface area (Å²) < 4.78 is 129. The summed E-state index contributed by atoms with van der Waals surface area (Å²) >= 11 is 20.0. The summed E-state index contributed by atoms with van der Waals surface area (Å²) in [4.78, 5) is 53.6. The molecule has 21 heteroatoms. The van der Waals surface area contributed by atoms with Crippen LogP contribution in [0.1, 0.15) is 30.0 Å². The Bertz CT molecular complexity index is 2250. The van der Waals surface area contributed by atoms with Crippen molar-refractivity contribution < 1.29 is 63.8 Å². The fourth-order valence-electron chi connectivity index (χ4n) is 7.87. The largest absolute Gasteiger partial charge is 0.505 e. The molecule has 1 N–H and O–H groups in total. The molecule has 9 nitrogen and oxygen atoms in total. The highest BCUT2D eigenvalue weighted by atomic mass is 35.5. The van der Waals surface area contributed by atoms with E-state index in [1.807, 2.05) is 0 Å². The number of phenolic OH excluding ortho intramolecular Hbond substituents is 1. The van der Waals surface area contributed by atoms with Crippen LogP contribution in [-0.4, -0.2) is 55.5 Å². The van der Waals surface area contributed by atoms with Gasteiger partial charge in [0.15, 0.2) is 50.4 Å². The number of benzene rings is 2. The second-order valence-corrected chi connectivity index (χ2v) is 14.5. The molecule has 1 saturated carbocycles. The van der Waals surface area contributed by atoms with E-state index in [4.69, 9.17) is 34.8 Å². The third-order valence-corrected chi connectivity index (χ3v) is 12.0. The van der Waals surface area contributed by atoms with E-state index >= 15 is 8.78 Å². The smallest absolute Gasteiger partial charge is 0.433 e. The Hall–Kier alpha value is -4.55. The summed E-state index contributed by atoms with van der Waals surface area (Å²) in [6.45, 7) is 0. The van der Waals surface area contributed by atoms with Crippen LogP contribution in [0.15, 0.2) is 42.0 Å².